The van der Waals surface area contributed by atoms with E-state index in [1.54, 1.807) is 6.92 Å². The Hall–Kier alpha value is -1.11. The van der Waals surface area contributed by atoms with Gasteiger partial charge in [0.15, 0.2) is 0 Å². The van der Waals surface area contributed by atoms with Crippen LogP contribution in [0.1, 0.15) is 23.1 Å². The van der Waals surface area contributed by atoms with Crippen LogP contribution in [0.15, 0.2) is 11.0 Å². The zero-order valence-electron chi connectivity index (χ0n) is 12.2. The first-order chi connectivity index (χ1) is 9.28. The SMILES string of the molecule is Cc1cc(N)c(C)c(S(=O)(=O)N2CCC(CO)C2)c1C. The van der Waals surface area contributed by atoms with Gasteiger partial charge in [-0.2, -0.15) is 4.31 Å². The van der Waals surface area contributed by atoms with Crippen molar-refractivity contribution in [1.82, 2.24) is 4.31 Å². The Morgan fingerprint density at radius 1 is 1.35 bits per heavy atom. The van der Waals surface area contributed by atoms with E-state index in [1.807, 2.05) is 19.9 Å². The van der Waals surface area contributed by atoms with Gasteiger partial charge in [-0.05, 0) is 55.9 Å². The summed E-state index contributed by atoms with van der Waals surface area (Å²) in [6.07, 6.45) is 0.703. The molecule has 0 saturated carbocycles. The summed E-state index contributed by atoms with van der Waals surface area (Å²) in [6, 6.07) is 1.81. The molecule has 0 aromatic heterocycles. The minimum atomic E-state index is -3.55. The number of aliphatic hydroxyl groups is 1. The minimum Gasteiger partial charge on any atom is -0.398 e. The molecule has 2 rings (SSSR count). The normalized spacial score (nSPS) is 20.5. The fourth-order valence-corrected chi connectivity index (χ4v) is 4.79. The van der Waals surface area contributed by atoms with Crippen LogP contribution >= 0.6 is 0 Å². The first kappa shape index (κ1) is 15.3. The Morgan fingerprint density at radius 3 is 2.55 bits per heavy atom. The van der Waals surface area contributed by atoms with Crippen molar-refractivity contribution in [2.24, 2.45) is 5.92 Å². The van der Waals surface area contributed by atoms with Gasteiger partial charge in [0.2, 0.25) is 10.0 Å². The number of sulfonamides is 1. The topological polar surface area (TPSA) is 83.6 Å². The number of rotatable bonds is 3. The molecule has 1 atom stereocenters. The Bertz CT molecular complexity index is 600. The average molecular weight is 298 g/mol. The molecule has 0 spiro atoms. The zero-order chi connectivity index (χ0) is 15.1. The maximum absolute atomic E-state index is 12.8. The van der Waals surface area contributed by atoms with E-state index >= 15 is 0 Å². The summed E-state index contributed by atoms with van der Waals surface area (Å²) in [7, 11) is -3.55. The molecule has 20 heavy (non-hydrogen) atoms. The monoisotopic (exact) mass is 298 g/mol. The third-order valence-corrected chi connectivity index (χ3v) is 6.32. The Kier molecular flexibility index (Phi) is 4.09. The van der Waals surface area contributed by atoms with Crippen LogP contribution in [-0.4, -0.2) is 37.5 Å². The Labute approximate surface area is 120 Å². The highest BCUT2D eigenvalue weighted by atomic mass is 32.2. The highest BCUT2D eigenvalue weighted by Gasteiger charge is 2.34. The van der Waals surface area contributed by atoms with Crippen molar-refractivity contribution in [3.05, 3.63) is 22.8 Å². The largest absolute Gasteiger partial charge is 0.398 e. The molecule has 0 bridgehead atoms. The quantitative estimate of drug-likeness (QED) is 0.821. The molecule has 0 amide bonds. The lowest BCUT2D eigenvalue weighted by molar-refractivity contribution is 0.233. The van der Waals surface area contributed by atoms with Crippen molar-refractivity contribution in [2.45, 2.75) is 32.1 Å². The maximum Gasteiger partial charge on any atom is 0.243 e. The standard InChI is InChI=1S/C14H22N2O3S/c1-9-6-13(15)11(3)14(10(9)2)20(18,19)16-5-4-12(7-16)8-17/h6,12,17H,4-5,7-8,15H2,1-3H3. The van der Waals surface area contributed by atoms with Gasteiger partial charge in [0.05, 0.1) is 4.90 Å². The molecule has 0 aliphatic carbocycles. The van der Waals surface area contributed by atoms with Gasteiger partial charge >= 0.3 is 0 Å². The molecule has 1 aliphatic heterocycles. The number of hydrogen-bond acceptors (Lipinski definition) is 4. The Balaban J connectivity index is 2.51. The van der Waals surface area contributed by atoms with Crippen LogP contribution in [-0.2, 0) is 10.0 Å². The van der Waals surface area contributed by atoms with Gasteiger partial charge in [0, 0.05) is 25.4 Å². The van der Waals surface area contributed by atoms with Gasteiger partial charge in [-0.15, -0.1) is 0 Å². The van der Waals surface area contributed by atoms with E-state index in [-0.39, 0.29) is 12.5 Å². The molecular formula is C14H22N2O3S. The number of nitrogens with zero attached hydrogens (tertiary/aromatic N) is 1. The summed E-state index contributed by atoms with van der Waals surface area (Å²) >= 11 is 0. The van der Waals surface area contributed by atoms with Crippen molar-refractivity contribution in [3.8, 4) is 0 Å². The number of aliphatic hydroxyl groups excluding tert-OH is 1. The van der Waals surface area contributed by atoms with E-state index in [4.69, 9.17) is 5.73 Å². The molecule has 1 fully saturated rings. The second-order valence-corrected chi connectivity index (χ2v) is 7.44. The minimum absolute atomic E-state index is 0.0277. The molecule has 0 radical (unpaired) electrons. The van der Waals surface area contributed by atoms with Crippen molar-refractivity contribution in [2.75, 3.05) is 25.4 Å². The van der Waals surface area contributed by atoms with Crippen molar-refractivity contribution in [3.63, 3.8) is 0 Å². The summed E-state index contributed by atoms with van der Waals surface area (Å²) in [6.45, 7) is 6.29. The molecule has 5 nitrogen and oxygen atoms in total. The molecule has 1 aromatic carbocycles. The van der Waals surface area contributed by atoms with Crippen LogP contribution in [0.4, 0.5) is 5.69 Å². The lowest BCUT2D eigenvalue weighted by atomic mass is 10.1. The van der Waals surface area contributed by atoms with Gasteiger partial charge in [-0.1, -0.05) is 0 Å². The van der Waals surface area contributed by atoms with E-state index < -0.39 is 10.0 Å². The van der Waals surface area contributed by atoms with Crippen molar-refractivity contribution >= 4 is 15.7 Å². The van der Waals surface area contributed by atoms with Crippen LogP contribution in [0.5, 0.6) is 0 Å². The highest BCUT2D eigenvalue weighted by molar-refractivity contribution is 7.89. The number of anilines is 1. The Morgan fingerprint density at radius 2 is 2.00 bits per heavy atom. The fraction of sp³-hybridized carbons (Fsp3) is 0.571. The molecule has 6 heteroatoms. The van der Waals surface area contributed by atoms with Gasteiger partial charge < -0.3 is 10.8 Å². The number of nitrogens with two attached hydrogens (primary N) is 1. The first-order valence-electron chi connectivity index (χ1n) is 6.76. The number of aryl methyl sites for hydroxylation is 1. The number of benzene rings is 1. The molecule has 3 N–H and O–H groups in total. The van der Waals surface area contributed by atoms with Crippen LogP contribution in [0.3, 0.4) is 0 Å². The second kappa shape index (κ2) is 5.35. The van der Waals surface area contributed by atoms with Gasteiger partial charge in [0.1, 0.15) is 0 Å². The van der Waals surface area contributed by atoms with E-state index in [2.05, 4.69) is 0 Å². The second-order valence-electron chi connectivity index (χ2n) is 5.56. The van der Waals surface area contributed by atoms with Crippen molar-refractivity contribution < 1.29 is 13.5 Å². The smallest absolute Gasteiger partial charge is 0.243 e. The fourth-order valence-electron chi connectivity index (χ4n) is 2.72. The summed E-state index contributed by atoms with van der Waals surface area (Å²) in [4.78, 5) is 0.327. The summed E-state index contributed by atoms with van der Waals surface area (Å²) < 4.78 is 27.1. The van der Waals surface area contributed by atoms with E-state index in [0.717, 1.165) is 11.1 Å². The highest BCUT2D eigenvalue weighted by Crippen LogP contribution is 2.32. The van der Waals surface area contributed by atoms with E-state index in [1.165, 1.54) is 4.31 Å². The molecule has 112 valence electrons. The molecule has 1 aromatic rings. The van der Waals surface area contributed by atoms with E-state index in [0.29, 0.717) is 35.7 Å². The van der Waals surface area contributed by atoms with Gasteiger partial charge in [0.25, 0.3) is 0 Å². The number of nitrogen functional groups attached to an aromatic ring is 1. The summed E-state index contributed by atoms with van der Waals surface area (Å²) in [5.41, 5.74) is 8.67. The third-order valence-electron chi connectivity index (χ3n) is 4.18. The maximum atomic E-state index is 12.8. The molecule has 1 saturated heterocycles. The summed E-state index contributed by atoms with van der Waals surface area (Å²) in [5.74, 6) is 0.0348. The average Bonchev–Trinajstić information content (AvgIpc) is 2.86. The van der Waals surface area contributed by atoms with E-state index in [9.17, 15) is 13.5 Å². The third kappa shape index (κ3) is 2.43. The predicted octanol–water partition coefficient (Wildman–Crippen LogP) is 1.20. The van der Waals surface area contributed by atoms with Gasteiger partial charge in [-0.3, -0.25) is 0 Å². The van der Waals surface area contributed by atoms with Gasteiger partial charge in [-0.25, -0.2) is 8.42 Å². The first-order valence-corrected chi connectivity index (χ1v) is 8.20. The van der Waals surface area contributed by atoms with Crippen LogP contribution in [0, 0.1) is 26.7 Å². The van der Waals surface area contributed by atoms with Crippen LogP contribution < -0.4 is 5.73 Å². The lowest BCUT2D eigenvalue weighted by Crippen LogP contribution is -2.30. The lowest BCUT2D eigenvalue weighted by Gasteiger charge is -2.21. The molecule has 1 heterocycles. The summed E-state index contributed by atoms with van der Waals surface area (Å²) in [5, 5.41) is 9.18. The van der Waals surface area contributed by atoms with Crippen molar-refractivity contribution in [1.29, 1.82) is 0 Å². The molecule has 1 unspecified atom stereocenters. The number of hydrogen-bond donors (Lipinski definition) is 2. The van der Waals surface area contributed by atoms with Crippen LogP contribution in [0.2, 0.25) is 0 Å². The van der Waals surface area contributed by atoms with Crippen LogP contribution in [0.25, 0.3) is 0 Å². The molecule has 1 aliphatic rings. The molecular weight excluding hydrogens is 276 g/mol. The zero-order valence-corrected chi connectivity index (χ0v) is 13.0. The predicted molar refractivity (Wildman–Crippen MR) is 79.0 cm³/mol.